The number of benzene rings is 3. The van der Waals surface area contributed by atoms with Gasteiger partial charge in [0.1, 0.15) is 22.9 Å². The molecular weight excluding hydrogens is 518 g/mol. The number of nitrogens with zero attached hydrogens (tertiary/aromatic N) is 2. The van der Waals surface area contributed by atoms with Crippen LogP contribution < -0.4 is 4.74 Å². The fourth-order valence-corrected chi connectivity index (χ4v) is 4.98. The number of H-pyrrole nitrogens is 1. The Bertz CT molecular complexity index is 1370. The van der Waals surface area contributed by atoms with E-state index >= 15 is 0 Å². The van der Waals surface area contributed by atoms with Crippen molar-refractivity contribution in [1.82, 2.24) is 15.1 Å². The number of hydrogen-bond acceptors (Lipinski definition) is 4. The lowest BCUT2D eigenvalue weighted by Gasteiger charge is -2.26. The van der Waals surface area contributed by atoms with Crippen LogP contribution in [0.25, 0.3) is 11.3 Å². The van der Waals surface area contributed by atoms with E-state index in [2.05, 4.69) is 26.1 Å². The van der Waals surface area contributed by atoms with E-state index in [0.29, 0.717) is 34.9 Å². The molecule has 0 aliphatic carbocycles. The average molecular weight is 539 g/mol. The van der Waals surface area contributed by atoms with Gasteiger partial charge in [-0.1, -0.05) is 51.8 Å². The summed E-state index contributed by atoms with van der Waals surface area (Å²) >= 11 is 9.77. The number of halogens is 2. The van der Waals surface area contributed by atoms with Crippen LogP contribution in [-0.2, 0) is 6.42 Å². The molecule has 0 fully saturated rings. The van der Waals surface area contributed by atoms with Crippen molar-refractivity contribution in [3.8, 4) is 22.8 Å². The van der Waals surface area contributed by atoms with Crippen LogP contribution in [0.2, 0.25) is 5.02 Å². The smallest absolute Gasteiger partial charge is 0.273 e. The number of aromatic amines is 1. The fraction of sp³-hybridized carbons (Fsp3) is 0.154. The van der Waals surface area contributed by atoms with Gasteiger partial charge in [0.25, 0.3) is 5.91 Å². The van der Waals surface area contributed by atoms with E-state index in [4.69, 9.17) is 16.3 Å². The summed E-state index contributed by atoms with van der Waals surface area (Å²) in [7, 11) is 1.64. The van der Waals surface area contributed by atoms with Gasteiger partial charge in [0, 0.05) is 27.2 Å². The molecule has 2 heterocycles. The van der Waals surface area contributed by atoms with Crippen molar-refractivity contribution in [3.05, 3.63) is 98.6 Å². The maximum absolute atomic E-state index is 13.5. The molecule has 172 valence electrons. The van der Waals surface area contributed by atoms with Crippen molar-refractivity contribution in [1.29, 1.82) is 0 Å². The number of aromatic nitrogens is 2. The highest BCUT2D eigenvalue weighted by Crippen LogP contribution is 2.45. The molecule has 1 aromatic heterocycles. The SMILES string of the molecule is COc1ccc(CCN2C(=O)c3[nH]nc(-c4cc(Cl)ccc4O)c3C2c2cccc(Br)c2)cc1. The molecule has 1 amide bonds. The first kappa shape index (κ1) is 22.5. The van der Waals surface area contributed by atoms with Crippen molar-refractivity contribution < 1.29 is 14.6 Å². The maximum atomic E-state index is 13.5. The third-order valence-corrected chi connectivity index (χ3v) is 6.77. The average Bonchev–Trinajstić information content (AvgIpc) is 3.38. The molecule has 1 atom stereocenters. The predicted molar refractivity (Wildman–Crippen MR) is 134 cm³/mol. The quantitative estimate of drug-likeness (QED) is 0.316. The Morgan fingerprint density at radius 1 is 1.15 bits per heavy atom. The molecule has 1 aliphatic rings. The molecule has 0 radical (unpaired) electrons. The van der Waals surface area contributed by atoms with Crippen LogP contribution in [0.15, 0.2) is 71.2 Å². The highest BCUT2D eigenvalue weighted by Gasteiger charge is 2.42. The van der Waals surface area contributed by atoms with Gasteiger partial charge in [-0.2, -0.15) is 5.10 Å². The molecular formula is C26H21BrClN3O3. The molecule has 0 spiro atoms. The summed E-state index contributed by atoms with van der Waals surface area (Å²) in [5.74, 6) is 0.713. The van der Waals surface area contributed by atoms with Gasteiger partial charge in [-0.3, -0.25) is 9.89 Å². The molecule has 8 heteroatoms. The Kier molecular flexibility index (Phi) is 6.06. The first-order valence-electron chi connectivity index (χ1n) is 10.7. The summed E-state index contributed by atoms with van der Waals surface area (Å²) in [5, 5.41) is 18.3. The van der Waals surface area contributed by atoms with Crippen molar-refractivity contribution in [2.75, 3.05) is 13.7 Å². The molecule has 4 aromatic rings. The Hall–Kier alpha value is -3.29. The number of hydrogen-bond donors (Lipinski definition) is 2. The van der Waals surface area contributed by atoms with E-state index in [9.17, 15) is 9.90 Å². The highest BCUT2D eigenvalue weighted by atomic mass is 79.9. The zero-order valence-electron chi connectivity index (χ0n) is 18.3. The minimum Gasteiger partial charge on any atom is -0.507 e. The van der Waals surface area contributed by atoms with Crippen LogP contribution in [0.3, 0.4) is 0 Å². The molecule has 1 unspecified atom stereocenters. The molecule has 0 saturated heterocycles. The summed E-state index contributed by atoms with van der Waals surface area (Å²) in [4.78, 5) is 15.4. The monoisotopic (exact) mass is 537 g/mol. The number of nitrogens with one attached hydrogen (secondary N) is 1. The molecule has 5 rings (SSSR count). The van der Waals surface area contributed by atoms with E-state index in [1.165, 1.54) is 6.07 Å². The lowest BCUT2D eigenvalue weighted by atomic mass is 9.95. The lowest BCUT2D eigenvalue weighted by Crippen LogP contribution is -2.31. The first-order valence-corrected chi connectivity index (χ1v) is 11.9. The number of amides is 1. The summed E-state index contributed by atoms with van der Waals surface area (Å²) in [6.07, 6.45) is 0.676. The van der Waals surface area contributed by atoms with Crippen LogP contribution in [0.5, 0.6) is 11.5 Å². The number of ether oxygens (including phenoxy) is 1. The van der Waals surface area contributed by atoms with Gasteiger partial charge in [-0.15, -0.1) is 0 Å². The van der Waals surface area contributed by atoms with E-state index in [-0.39, 0.29) is 17.7 Å². The predicted octanol–water partition coefficient (Wildman–Crippen LogP) is 5.99. The van der Waals surface area contributed by atoms with Crippen molar-refractivity contribution in [2.45, 2.75) is 12.5 Å². The normalized spacial score (nSPS) is 15.0. The Labute approximate surface area is 210 Å². The molecule has 34 heavy (non-hydrogen) atoms. The maximum Gasteiger partial charge on any atom is 0.273 e. The standard InChI is InChI=1S/C26H21BrClN3O3/c1-34-19-8-5-15(6-9-19)11-12-31-25(16-3-2-4-17(27)13-16)22-23(29-30-24(22)26(31)33)20-14-18(28)7-10-21(20)32/h2-10,13-14,25,32H,11-12H2,1H3,(H,29,30). The zero-order valence-corrected chi connectivity index (χ0v) is 20.6. The second-order valence-electron chi connectivity index (χ2n) is 8.08. The van der Waals surface area contributed by atoms with Crippen LogP contribution in [-0.4, -0.2) is 39.8 Å². The topological polar surface area (TPSA) is 78.5 Å². The van der Waals surface area contributed by atoms with Crippen LogP contribution in [0.4, 0.5) is 0 Å². The number of rotatable bonds is 6. The number of phenolic OH excluding ortho intramolecular Hbond substituents is 1. The van der Waals surface area contributed by atoms with E-state index < -0.39 is 0 Å². The van der Waals surface area contributed by atoms with E-state index in [0.717, 1.165) is 26.9 Å². The first-order chi connectivity index (χ1) is 16.5. The lowest BCUT2D eigenvalue weighted by molar-refractivity contribution is 0.0746. The number of fused-ring (bicyclic) bond motifs is 1. The van der Waals surface area contributed by atoms with E-state index in [1.807, 2.05) is 53.4 Å². The second-order valence-corrected chi connectivity index (χ2v) is 9.43. The van der Waals surface area contributed by atoms with Crippen LogP contribution >= 0.6 is 27.5 Å². The van der Waals surface area contributed by atoms with Gasteiger partial charge in [-0.25, -0.2) is 0 Å². The number of aromatic hydroxyl groups is 1. The molecule has 2 N–H and O–H groups in total. The van der Waals surface area contributed by atoms with Gasteiger partial charge in [-0.05, 0) is 60.0 Å². The van der Waals surface area contributed by atoms with Gasteiger partial charge in [0.2, 0.25) is 0 Å². The minimum absolute atomic E-state index is 0.0517. The van der Waals surface area contributed by atoms with Crippen molar-refractivity contribution >= 4 is 33.4 Å². The van der Waals surface area contributed by atoms with E-state index in [1.54, 1.807) is 19.2 Å². The van der Waals surface area contributed by atoms with Crippen molar-refractivity contribution in [3.63, 3.8) is 0 Å². The number of phenols is 1. The number of methoxy groups -OCH3 is 1. The van der Waals surface area contributed by atoms with Crippen LogP contribution in [0.1, 0.15) is 33.2 Å². The molecule has 6 nitrogen and oxygen atoms in total. The van der Waals surface area contributed by atoms with Crippen molar-refractivity contribution in [2.24, 2.45) is 0 Å². The molecule has 0 bridgehead atoms. The number of carbonyl (C=O) groups is 1. The van der Waals surface area contributed by atoms with Gasteiger partial charge < -0.3 is 14.7 Å². The third kappa shape index (κ3) is 4.06. The zero-order chi connectivity index (χ0) is 23.8. The minimum atomic E-state index is -0.370. The summed E-state index contributed by atoms with van der Waals surface area (Å²) in [6.45, 7) is 0.506. The van der Waals surface area contributed by atoms with Crippen LogP contribution in [0, 0.1) is 0 Å². The third-order valence-electron chi connectivity index (χ3n) is 6.04. The summed E-state index contributed by atoms with van der Waals surface area (Å²) < 4.78 is 6.16. The molecule has 3 aromatic carbocycles. The van der Waals surface area contributed by atoms with Gasteiger partial charge >= 0.3 is 0 Å². The Morgan fingerprint density at radius 3 is 2.68 bits per heavy atom. The molecule has 0 saturated carbocycles. The summed E-state index contributed by atoms with van der Waals surface area (Å²) in [5.41, 5.74) is 4.20. The summed E-state index contributed by atoms with van der Waals surface area (Å²) in [6, 6.07) is 20.2. The molecule has 1 aliphatic heterocycles. The Balaban J connectivity index is 1.57. The number of carbonyl (C=O) groups excluding carboxylic acids is 1. The Morgan fingerprint density at radius 2 is 1.94 bits per heavy atom. The van der Waals surface area contributed by atoms with Gasteiger partial charge in [0.05, 0.1) is 13.2 Å². The largest absolute Gasteiger partial charge is 0.507 e. The highest BCUT2D eigenvalue weighted by molar-refractivity contribution is 9.10. The van der Waals surface area contributed by atoms with Gasteiger partial charge in [0.15, 0.2) is 0 Å². The fourth-order valence-electron chi connectivity index (χ4n) is 4.40. The second kappa shape index (κ2) is 9.16.